The first-order valence-corrected chi connectivity index (χ1v) is 9.66. The lowest BCUT2D eigenvalue weighted by Gasteiger charge is -2.06. The summed E-state index contributed by atoms with van der Waals surface area (Å²) in [7, 11) is 0. The maximum atomic E-state index is 12.0. The molecule has 0 fully saturated rings. The SMILES string of the molecule is O=C(COC(=O)COc1ccccc1)N=c1sccn1Cc1ccccc1Cl. The molecular formula is C20H17ClN2O4S. The molecule has 0 radical (unpaired) electrons. The largest absolute Gasteiger partial charge is 0.482 e. The zero-order valence-electron chi connectivity index (χ0n) is 14.8. The number of carbonyl (C=O) groups excluding carboxylic acids is 2. The Morgan fingerprint density at radius 3 is 2.57 bits per heavy atom. The van der Waals surface area contributed by atoms with Gasteiger partial charge in [0.2, 0.25) is 0 Å². The molecule has 0 unspecified atom stereocenters. The van der Waals surface area contributed by atoms with E-state index < -0.39 is 18.5 Å². The molecule has 1 aromatic heterocycles. The van der Waals surface area contributed by atoms with E-state index in [9.17, 15) is 9.59 Å². The fraction of sp³-hybridized carbons (Fsp3) is 0.150. The second-order valence-electron chi connectivity index (χ2n) is 5.67. The minimum absolute atomic E-state index is 0.275. The molecule has 8 heteroatoms. The van der Waals surface area contributed by atoms with Crippen LogP contribution in [0.4, 0.5) is 0 Å². The van der Waals surface area contributed by atoms with Crippen molar-refractivity contribution in [3.05, 3.63) is 81.6 Å². The molecule has 0 spiro atoms. The van der Waals surface area contributed by atoms with E-state index in [0.29, 0.717) is 22.1 Å². The molecule has 6 nitrogen and oxygen atoms in total. The fourth-order valence-electron chi connectivity index (χ4n) is 2.30. The van der Waals surface area contributed by atoms with E-state index in [2.05, 4.69) is 4.99 Å². The van der Waals surface area contributed by atoms with Crippen LogP contribution < -0.4 is 9.54 Å². The molecule has 1 heterocycles. The van der Waals surface area contributed by atoms with Crippen LogP contribution in [0.15, 0.2) is 71.2 Å². The van der Waals surface area contributed by atoms with Gasteiger partial charge in [0.15, 0.2) is 18.0 Å². The molecule has 28 heavy (non-hydrogen) atoms. The van der Waals surface area contributed by atoms with E-state index in [1.165, 1.54) is 11.3 Å². The van der Waals surface area contributed by atoms with E-state index in [1.807, 2.05) is 46.5 Å². The Kier molecular flexibility index (Phi) is 7.00. The summed E-state index contributed by atoms with van der Waals surface area (Å²) in [4.78, 5) is 28.3. The molecule has 0 N–H and O–H groups in total. The highest BCUT2D eigenvalue weighted by Crippen LogP contribution is 2.15. The zero-order chi connectivity index (χ0) is 19.8. The maximum absolute atomic E-state index is 12.0. The normalized spacial score (nSPS) is 11.2. The highest BCUT2D eigenvalue weighted by Gasteiger charge is 2.09. The summed E-state index contributed by atoms with van der Waals surface area (Å²) in [5.74, 6) is -0.638. The Morgan fingerprint density at radius 2 is 1.79 bits per heavy atom. The first kappa shape index (κ1) is 19.9. The van der Waals surface area contributed by atoms with Gasteiger partial charge in [-0.1, -0.05) is 48.0 Å². The minimum Gasteiger partial charge on any atom is -0.482 e. The molecule has 3 aromatic rings. The molecule has 0 atom stereocenters. The molecule has 0 bridgehead atoms. The van der Waals surface area contributed by atoms with Gasteiger partial charge in [0.05, 0.1) is 6.54 Å². The zero-order valence-corrected chi connectivity index (χ0v) is 16.4. The number of hydrogen-bond acceptors (Lipinski definition) is 5. The van der Waals surface area contributed by atoms with Crippen LogP contribution in [-0.4, -0.2) is 29.7 Å². The van der Waals surface area contributed by atoms with E-state index >= 15 is 0 Å². The number of esters is 1. The second-order valence-corrected chi connectivity index (χ2v) is 6.95. The van der Waals surface area contributed by atoms with Crippen molar-refractivity contribution in [2.75, 3.05) is 13.2 Å². The highest BCUT2D eigenvalue weighted by atomic mass is 35.5. The summed E-state index contributed by atoms with van der Waals surface area (Å²) in [6.45, 7) is -0.232. The van der Waals surface area contributed by atoms with Crippen LogP contribution in [0, 0.1) is 0 Å². The van der Waals surface area contributed by atoms with Gasteiger partial charge < -0.3 is 14.0 Å². The number of thiazole rings is 1. The van der Waals surface area contributed by atoms with Gasteiger partial charge >= 0.3 is 5.97 Å². The Labute approximate surface area is 170 Å². The minimum atomic E-state index is -0.637. The maximum Gasteiger partial charge on any atom is 0.344 e. The Balaban J connectivity index is 1.54. The van der Waals surface area contributed by atoms with Crippen molar-refractivity contribution < 1.29 is 19.1 Å². The molecule has 0 aliphatic rings. The number of hydrogen-bond donors (Lipinski definition) is 0. The Morgan fingerprint density at radius 1 is 1.04 bits per heavy atom. The number of carbonyl (C=O) groups is 2. The van der Waals surface area contributed by atoms with E-state index in [4.69, 9.17) is 21.1 Å². The molecule has 144 valence electrons. The van der Waals surface area contributed by atoms with Crippen LogP contribution in [0.2, 0.25) is 5.02 Å². The topological polar surface area (TPSA) is 69.9 Å². The lowest BCUT2D eigenvalue weighted by molar-refractivity contribution is -0.149. The fourth-order valence-corrected chi connectivity index (χ4v) is 3.24. The highest BCUT2D eigenvalue weighted by molar-refractivity contribution is 7.07. The number of halogens is 1. The number of rotatable bonds is 7. The molecule has 2 aromatic carbocycles. The summed E-state index contributed by atoms with van der Waals surface area (Å²) >= 11 is 7.49. The van der Waals surface area contributed by atoms with Crippen molar-refractivity contribution >= 4 is 34.8 Å². The smallest absolute Gasteiger partial charge is 0.344 e. The molecule has 1 amide bonds. The van der Waals surface area contributed by atoms with E-state index in [1.54, 1.807) is 24.3 Å². The standard InChI is InChI=1S/C20H17ClN2O4S/c21-17-9-5-4-6-15(17)12-23-10-11-28-20(23)22-18(24)13-27-19(25)14-26-16-7-2-1-3-8-16/h1-11H,12-14H2. The van der Waals surface area contributed by atoms with Crippen LogP contribution in [0.1, 0.15) is 5.56 Å². The Hall–Kier alpha value is -2.90. The van der Waals surface area contributed by atoms with Crippen LogP contribution in [0.5, 0.6) is 5.75 Å². The van der Waals surface area contributed by atoms with Crippen molar-refractivity contribution in [3.63, 3.8) is 0 Å². The summed E-state index contributed by atoms with van der Waals surface area (Å²) in [6, 6.07) is 16.3. The number of aromatic nitrogens is 1. The monoisotopic (exact) mass is 416 g/mol. The van der Waals surface area contributed by atoms with Crippen LogP contribution in [0.3, 0.4) is 0 Å². The molecular weight excluding hydrogens is 400 g/mol. The number of nitrogens with zero attached hydrogens (tertiary/aromatic N) is 2. The van der Waals surface area contributed by atoms with Gasteiger partial charge in [0.1, 0.15) is 5.75 Å². The van der Waals surface area contributed by atoms with E-state index in [0.717, 1.165) is 5.56 Å². The van der Waals surface area contributed by atoms with Gasteiger partial charge in [0, 0.05) is 16.6 Å². The lowest BCUT2D eigenvalue weighted by atomic mass is 10.2. The third-order valence-electron chi connectivity index (χ3n) is 3.64. The first-order valence-electron chi connectivity index (χ1n) is 8.40. The van der Waals surface area contributed by atoms with Crippen molar-refractivity contribution in [3.8, 4) is 5.75 Å². The van der Waals surface area contributed by atoms with Gasteiger partial charge in [-0.2, -0.15) is 4.99 Å². The first-order chi connectivity index (χ1) is 13.6. The van der Waals surface area contributed by atoms with Crippen molar-refractivity contribution in [1.82, 2.24) is 4.57 Å². The second kappa shape index (κ2) is 9.87. The number of para-hydroxylation sites is 1. The predicted octanol–water partition coefficient (Wildman–Crippen LogP) is 3.30. The average Bonchev–Trinajstić information content (AvgIpc) is 3.14. The third kappa shape index (κ3) is 5.80. The Bertz CT molecular complexity index is 1010. The van der Waals surface area contributed by atoms with Crippen LogP contribution in [-0.2, 0) is 20.9 Å². The van der Waals surface area contributed by atoms with Crippen molar-refractivity contribution in [2.45, 2.75) is 6.54 Å². The summed E-state index contributed by atoms with van der Waals surface area (Å²) in [6.07, 6.45) is 1.82. The molecule has 0 aliphatic carbocycles. The van der Waals surface area contributed by atoms with Crippen LogP contribution in [0.25, 0.3) is 0 Å². The van der Waals surface area contributed by atoms with Crippen molar-refractivity contribution in [1.29, 1.82) is 0 Å². The number of amides is 1. The molecule has 3 rings (SSSR count). The van der Waals surface area contributed by atoms with Crippen LogP contribution >= 0.6 is 22.9 Å². The molecule has 0 aliphatic heterocycles. The van der Waals surface area contributed by atoms with Gasteiger partial charge in [-0.3, -0.25) is 4.79 Å². The number of benzene rings is 2. The molecule has 0 saturated heterocycles. The quantitative estimate of drug-likeness (QED) is 0.554. The van der Waals surface area contributed by atoms with Gasteiger partial charge in [0.25, 0.3) is 5.91 Å². The number of ether oxygens (including phenoxy) is 2. The molecule has 0 saturated carbocycles. The lowest BCUT2D eigenvalue weighted by Crippen LogP contribution is -2.22. The van der Waals surface area contributed by atoms with Gasteiger partial charge in [-0.05, 0) is 23.8 Å². The van der Waals surface area contributed by atoms with Gasteiger partial charge in [-0.15, -0.1) is 11.3 Å². The van der Waals surface area contributed by atoms with Gasteiger partial charge in [-0.25, -0.2) is 4.79 Å². The summed E-state index contributed by atoms with van der Waals surface area (Å²) in [5, 5.41) is 2.47. The summed E-state index contributed by atoms with van der Waals surface area (Å²) in [5.41, 5.74) is 0.918. The predicted molar refractivity (Wildman–Crippen MR) is 106 cm³/mol. The summed E-state index contributed by atoms with van der Waals surface area (Å²) < 4.78 is 12.0. The third-order valence-corrected chi connectivity index (χ3v) is 4.80. The average molecular weight is 417 g/mol. The van der Waals surface area contributed by atoms with E-state index in [-0.39, 0.29) is 6.61 Å². The van der Waals surface area contributed by atoms with Crippen molar-refractivity contribution in [2.24, 2.45) is 4.99 Å².